The first-order valence-electron chi connectivity index (χ1n) is 8.71. The Bertz CT molecular complexity index is 691. The second kappa shape index (κ2) is 8.53. The van der Waals surface area contributed by atoms with Gasteiger partial charge in [-0.1, -0.05) is 57.7 Å². The first kappa shape index (κ1) is 18.1. The number of hydrogen-bond acceptors (Lipinski definition) is 3. The Kier molecular flexibility index (Phi) is 6.42. The van der Waals surface area contributed by atoms with Crippen molar-refractivity contribution in [2.45, 2.75) is 46.0 Å². The zero-order valence-corrected chi connectivity index (χ0v) is 14.5. The van der Waals surface area contributed by atoms with Crippen LogP contribution in [0, 0.1) is 5.92 Å². The highest BCUT2D eigenvalue weighted by Crippen LogP contribution is 2.27. The van der Waals surface area contributed by atoms with Crippen molar-refractivity contribution in [3.05, 3.63) is 59.2 Å². The average molecular weight is 326 g/mol. The number of phenolic OH excluding ortho intramolecular Hbond substituents is 2. The fraction of sp³-hybridized carbons (Fsp3) is 0.381. The summed E-state index contributed by atoms with van der Waals surface area (Å²) in [5.74, 6) is 0.141. The van der Waals surface area contributed by atoms with Gasteiger partial charge in [0, 0.05) is 0 Å². The van der Waals surface area contributed by atoms with Gasteiger partial charge < -0.3 is 10.2 Å². The van der Waals surface area contributed by atoms with E-state index in [1.54, 1.807) is 30.3 Å². The summed E-state index contributed by atoms with van der Waals surface area (Å²) in [6, 6.07) is 11.6. The van der Waals surface area contributed by atoms with Crippen LogP contribution in [0.1, 0.15) is 61.0 Å². The van der Waals surface area contributed by atoms with Gasteiger partial charge in [0.1, 0.15) is 11.5 Å². The van der Waals surface area contributed by atoms with Gasteiger partial charge in [-0.3, -0.25) is 4.79 Å². The van der Waals surface area contributed by atoms with Gasteiger partial charge >= 0.3 is 0 Å². The van der Waals surface area contributed by atoms with Gasteiger partial charge in [-0.05, 0) is 42.2 Å². The van der Waals surface area contributed by atoms with Crippen molar-refractivity contribution in [1.29, 1.82) is 0 Å². The van der Waals surface area contributed by atoms with Gasteiger partial charge in [-0.2, -0.15) is 0 Å². The number of carbonyl (C=O) groups excluding carboxylic acids is 1. The lowest BCUT2D eigenvalue weighted by Crippen LogP contribution is -2.05. The SMILES string of the molecule is CCCCC(CC)Cc1ccc(C(=O)c2ccccc2O)c(O)c1. The normalized spacial score (nSPS) is 12.1. The summed E-state index contributed by atoms with van der Waals surface area (Å²) in [4.78, 5) is 12.5. The van der Waals surface area contributed by atoms with Crippen molar-refractivity contribution in [2.24, 2.45) is 5.92 Å². The molecular formula is C21H26O3. The molecule has 0 heterocycles. The van der Waals surface area contributed by atoms with E-state index < -0.39 is 0 Å². The molecule has 0 aliphatic carbocycles. The van der Waals surface area contributed by atoms with Gasteiger partial charge in [0.25, 0.3) is 0 Å². The minimum atomic E-state index is -0.366. The Labute approximate surface area is 144 Å². The summed E-state index contributed by atoms with van der Waals surface area (Å²) >= 11 is 0. The summed E-state index contributed by atoms with van der Waals surface area (Å²) < 4.78 is 0. The van der Waals surface area contributed by atoms with E-state index in [9.17, 15) is 15.0 Å². The van der Waals surface area contributed by atoms with E-state index in [1.165, 1.54) is 25.3 Å². The zero-order valence-electron chi connectivity index (χ0n) is 14.5. The van der Waals surface area contributed by atoms with Gasteiger partial charge in [-0.15, -0.1) is 0 Å². The predicted molar refractivity (Wildman–Crippen MR) is 96.7 cm³/mol. The van der Waals surface area contributed by atoms with E-state index in [1.807, 2.05) is 6.07 Å². The molecule has 128 valence electrons. The maximum absolute atomic E-state index is 12.5. The van der Waals surface area contributed by atoms with Gasteiger partial charge in [0.05, 0.1) is 11.1 Å². The quantitative estimate of drug-likeness (QED) is 0.664. The minimum Gasteiger partial charge on any atom is -0.507 e. The van der Waals surface area contributed by atoms with E-state index in [4.69, 9.17) is 0 Å². The molecule has 1 atom stereocenters. The summed E-state index contributed by atoms with van der Waals surface area (Å²) in [6.07, 6.45) is 5.62. The fourth-order valence-electron chi connectivity index (χ4n) is 2.98. The smallest absolute Gasteiger partial charge is 0.200 e. The number of phenols is 2. The van der Waals surface area contributed by atoms with Gasteiger partial charge in [0.2, 0.25) is 0 Å². The average Bonchev–Trinajstić information content (AvgIpc) is 2.58. The summed E-state index contributed by atoms with van der Waals surface area (Å²) in [5.41, 5.74) is 1.47. The molecular weight excluding hydrogens is 300 g/mol. The number of ketones is 1. The predicted octanol–water partition coefficient (Wildman–Crippen LogP) is 5.09. The summed E-state index contributed by atoms with van der Waals surface area (Å²) in [7, 11) is 0. The highest BCUT2D eigenvalue weighted by Gasteiger charge is 2.17. The molecule has 2 aromatic carbocycles. The molecule has 0 aromatic heterocycles. The highest BCUT2D eigenvalue weighted by molar-refractivity contribution is 6.12. The Morgan fingerprint density at radius 3 is 2.33 bits per heavy atom. The molecule has 2 aromatic rings. The first-order chi connectivity index (χ1) is 11.6. The number of unbranched alkanes of at least 4 members (excludes halogenated alkanes) is 1. The zero-order chi connectivity index (χ0) is 17.5. The Balaban J connectivity index is 2.17. The minimum absolute atomic E-state index is 0.0221. The molecule has 3 nitrogen and oxygen atoms in total. The monoisotopic (exact) mass is 326 g/mol. The second-order valence-corrected chi connectivity index (χ2v) is 6.32. The van der Waals surface area contributed by atoms with E-state index >= 15 is 0 Å². The van der Waals surface area contributed by atoms with Crippen molar-refractivity contribution in [2.75, 3.05) is 0 Å². The van der Waals surface area contributed by atoms with Crippen LogP contribution in [0.2, 0.25) is 0 Å². The Hall–Kier alpha value is -2.29. The van der Waals surface area contributed by atoms with Crippen LogP contribution in [-0.4, -0.2) is 16.0 Å². The molecule has 0 fully saturated rings. The molecule has 0 saturated heterocycles. The van der Waals surface area contributed by atoms with Gasteiger partial charge in [0.15, 0.2) is 5.78 Å². The molecule has 0 saturated carbocycles. The number of rotatable bonds is 8. The van der Waals surface area contributed by atoms with Gasteiger partial charge in [-0.25, -0.2) is 0 Å². The van der Waals surface area contributed by atoms with Crippen molar-refractivity contribution >= 4 is 5.78 Å². The largest absolute Gasteiger partial charge is 0.507 e. The van der Waals surface area contributed by atoms with E-state index in [2.05, 4.69) is 13.8 Å². The molecule has 0 aliphatic rings. The standard InChI is InChI=1S/C21H26O3/c1-3-5-8-15(4-2)13-16-11-12-18(20(23)14-16)21(24)17-9-6-7-10-19(17)22/h6-7,9-12,14-15,22-23H,3-5,8,13H2,1-2H3. The number of benzene rings is 2. The van der Waals surface area contributed by atoms with E-state index in [0.717, 1.165) is 18.4 Å². The van der Waals surface area contributed by atoms with Crippen LogP contribution in [-0.2, 0) is 6.42 Å². The second-order valence-electron chi connectivity index (χ2n) is 6.32. The third-order valence-corrected chi connectivity index (χ3v) is 4.52. The van der Waals surface area contributed by atoms with Crippen LogP contribution in [0.3, 0.4) is 0 Å². The molecule has 0 bridgehead atoms. The maximum Gasteiger partial charge on any atom is 0.200 e. The Morgan fingerprint density at radius 2 is 1.71 bits per heavy atom. The topological polar surface area (TPSA) is 57.5 Å². The van der Waals surface area contributed by atoms with Crippen molar-refractivity contribution in [3.8, 4) is 11.5 Å². The molecule has 0 amide bonds. The lowest BCUT2D eigenvalue weighted by molar-refractivity contribution is 0.103. The lowest BCUT2D eigenvalue weighted by atomic mass is 9.91. The number of para-hydroxylation sites is 1. The van der Waals surface area contributed by atoms with Crippen LogP contribution < -0.4 is 0 Å². The molecule has 24 heavy (non-hydrogen) atoms. The number of hydrogen-bond donors (Lipinski definition) is 2. The van der Waals surface area contributed by atoms with E-state index in [-0.39, 0.29) is 28.4 Å². The van der Waals surface area contributed by atoms with Crippen molar-refractivity contribution in [3.63, 3.8) is 0 Å². The third-order valence-electron chi connectivity index (χ3n) is 4.52. The maximum atomic E-state index is 12.5. The van der Waals surface area contributed by atoms with Crippen LogP contribution in [0.15, 0.2) is 42.5 Å². The molecule has 0 radical (unpaired) electrons. The van der Waals surface area contributed by atoms with Crippen LogP contribution in [0.4, 0.5) is 0 Å². The molecule has 2 rings (SSSR count). The molecule has 0 aliphatic heterocycles. The highest BCUT2D eigenvalue weighted by atomic mass is 16.3. The molecule has 1 unspecified atom stereocenters. The summed E-state index contributed by atoms with van der Waals surface area (Å²) in [6.45, 7) is 4.38. The summed E-state index contributed by atoms with van der Waals surface area (Å²) in [5, 5.41) is 20.1. The van der Waals surface area contributed by atoms with Crippen LogP contribution in [0.5, 0.6) is 11.5 Å². The fourth-order valence-corrected chi connectivity index (χ4v) is 2.98. The first-order valence-corrected chi connectivity index (χ1v) is 8.71. The van der Waals surface area contributed by atoms with Crippen LogP contribution in [0.25, 0.3) is 0 Å². The number of aromatic hydroxyl groups is 2. The number of carbonyl (C=O) groups is 1. The molecule has 3 heteroatoms. The van der Waals surface area contributed by atoms with Crippen molar-refractivity contribution in [1.82, 2.24) is 0 Å². The lowest BCUT2D eigenvalue weighted by Gasteiger charge is -2.15. The Morgan fingerprint density at radius 1 is 1.00 bits per heavy atom. The molecule has 2 N–H and O–H groups in total. The van der Waals surface area contributed by atoms with Crippen LogP contribution >= 0.6 is 0 Å². The third kappa shape index (κ3) is 4.38. The molecule has 0 spiro atoms. The van der Waals surface area contributed by atoms with Crippen molar-refractivity contribution < 1.29 is 15.0 Å². The van der Waals surface area contributed by atoms with E-state index in [0.29, 0.717) is 5.92 Å².